The summed E-state index contributed by atoms with van der Waals surface area (Å²) in [5.41, 5.74) is 8.10. The van der Waals surface area contributed by atoms with E-state index in [0.717, 1.165) is 16.0 Å². The molecule has 3 rings (SSSR count). The molecule has 2 aromatic rings. The highest BCUT2D eigenvalue weighted by Gasteiger charge is 2.21. The Bertz CT molecular complexity index is 708. The zero-order chi connectivity index (χ0) is 15.0. The van der Waals surface area contributed by atoms with Gasteiger partial charge in [-0.25, -0.2) is 4.79 Å². The maximum Gasteiger partial charge on any atom is 0.348 e. The van der Waals surface area contributed by atoms with Crippen molar-refractivity contribution >= 4 is 23.0 Å². The number of hydrogen-bond donors (Lipinski definition) is 2. The maximum absolute atomic E-state index is 11.3. The molecule has 3 N–H and O–H groups in total. The van der Waals surface area contributed by atoms with Crippen LogP contribution >= 0.6 is 11.3 Å². The number of carbonyl (C=O) groups is 1. The number of ether oxygens (including phenoxy) is 2. The van der Waals surface area contributed by atoms with Crippen LogP contribution in [0.15, 0.2) is 18.2 Å². The fourth-order valence-corrected chi connectivity index (χ4v) is 3.55. The minimum Gasteiger partial charge on any atom is -0.486 e. The molecule has 0 saturated heterocycles. The van der Waals surface area contributed by atoms with Crippen molar-refractivity contribution in [3.05, 3.63) is 28.6 Å². The smallest absolute Gasteiger partial charge is 0.348 e. The molecule has 6 heteroatoms. The van der Waals surface area contributed by atoms with Crippen molar-refractivity contribution in [3.63, 3.8) is 0 Å². The van der Waals surface area contributed by atoms with Gasteiger partial charge in [-0.1, -0.05) is 6.92 Å². The quantitative estimate of drug-likeness (QED) is 0.911. The summed E-state index contributed by atoms with van der Waals surface area (Å²) >= 11 is 1.20. The van der Waals surface area contributed by atoms with Gasteiger partial charge in [-0.2, -0.15) is 0 Å². The lowest BCUT2D eigenvalue weighted by atomic mass is 10.1. The Morgan fingerprint density at radius 3 is 2.71 bits per heavy atom. The Kier molecular flexibility index (Phi) is 3.47. The molecule has 0 radical (unpaired) electrons. The van der Waals surface area contributed by atoms with Gasteiger partial charge in [0.1, 0.15) is 18.1 Å². The zero-order valence-corrected chi connectivity index (χ0v) is 12.3. The first kappa shape index (κ1) is 13.8. The molecule has 21 heavy (non-hydrogen) atoms. The van der Waals surface area contributed by atoms with E-state index in [2.05, 4.69) is 0 Å². The van der Waals surface area contributed by atoms with Gasteiger partial charge in [0.05, 0.1) is 5.69 Å². The van der Waals surface area contributed by atoms with Crippen LogP contribution in [-0.2, 0) is 6.42 Å². The van der Waals surface area contributed by atoms with Gasteiger partial charge in [-0.05, 0) is 35.7 Å². The van der Waals surface area contributed by atoms with Crippen LogP contribution in [0.1, 0.15) is 22.2 Å². The lowest BCUT2D eigenvalue weighted by molar-refractivity contribution is 0.0703. The van der Waals surface area contributed by atoms with Gasteiger partial charge >= 0.3 is 5.97 Å². The van der Waals surface area contributed by atoms with Crippen LogP contribution in [0.4, 0.5) is 5.69 Å². The SMILES string of the molecule is CCc1c(-c2ccc3c(c2)OCCO3)sc(C(=O)O)c1N. The molecule has 0 aliphatic carbocycles. The van der Waals surface area contributed by atoms with Crippen molar-refractivity contribution in [2.75, 3.05) is 18.9 Å². The summed E-state index contributed by atoms with van der Waals surface area (Å²) in [6.07, 6.45) is 0.680. The Labute approximate surface area is 125 Å². The van der Waals surface area contributed by atoms with Gasteiger partial charge in [0.25, 0.3) is 0 Å². The molecule has 0 unspecified atom stereocenters. The standard InChI is InChI=1S/C15H15NO4S/c1-2-9-12(16)14(15(17)18)21-13(9)8-3-4-10-11(7-8)20-6-5-19-10/h3-4,7H,2,5-6,16H2,1H3,(H,17,18). The number of fused-ring (bicyclic) bond motifs is 1. The highest BCUT2D eigenvalue weighted by molar-refractivity contribution is 7.18. The molecule has 1 aliphatic rings. The topological polar surface area (TPSA) is 81.8 Å². The van der Waals surface area contributed by atoms with E-state index in [9.17, 15) is 9.90 Å². The van der Waals surface area contributed by atoms with Crippen molar-refractivity contribution in [1.82, 2.24) is 0 Å². The van der Waals surface area contributed by atoms with E-state index in [4.69, 9.17) is 15.2 Å². The van der Waals surface area contributed by atoms with Gasteiger partial charge in [0, 0.05) is 4.88 Å². The summed E-state index contributed by atoms with van der Waals surface area (Å²) in [5, 5.41) is 9.22. The van der Waals surface area contributed by atoms with E-state index < -0.39 is 5.97 Å². The van der Waals surface area contributed by atoms with E-state index in [-0.39, 0.29) is 4.88 Å². The molecule has 0 fully saturated rings. The first-order valence-electron chi connectivity index (χ1n) is 6.66. The first-order chi connectivity index (χ1) is 10.1. The van der Waals surface area contributed by atoms with Crippen molar-refractivity contribution in [2.45, 2.75) is 13.3 Å². The van der Waals surface area contributed by atoms with Crippen LogP contribution in [0.3, 0.4) is 0 Å². The molecule has 0 spiro atoms. The highest BCUT2D eigenvalue weighted by atomic mass is 32.1. The third-order valence-corrected chi connectivity index (χ3v) is 4.69. The van der Waals surface area contributed by atoms with E-state index in [1.54, 1.807) is 0 Å². The second-order valence-electron chi connectivity index (χ2n) is 4.67. The summed E-state index contributed by atoms with van der Waals surface area (Å²) in [6, 6.07) is 5.63. The molecule has 0 saturated carbocycles. The lowest BCUT2D eigenvalue weighted by Gasteiger charge is -2.18. The molecule has 0 bridgehead atoms. The number of rotatable bonds is 3. The number of carboxylic acids is 1. The first-order valence-corrected chi connectivity index (χ1v) is 7.48. The average Bonchev–Trinajstić information content (AvgIpc) is 2.83. The van der Waals surface area contributed by atoms with Gasteiger partial charge in [-0.3, -0.25) is 0 Å². The van der Waals surface area contributed by atoms with Crippen LogP contribution in [0.2, 0.25) is 0 Å². The summed E-state index contributed by atoms with van der Waals surface area (Å²) in [4.78, 5) is 12.3. The van der Waals surface area contributed by atoms with Gasteiger partial charge < -0.3 is 20.3 Å². The zero-order valence-electron chi connectivity index (χ0n) is 11.5. The van der Waals surface area contributed by atoms with Crippen molar-refractivity contribution in [3.8, 4) is 21.9 Å². The fourth-order valence-electron chi connectivity index (χ4n) is 2.41. The number of nitrogens with two attached hydrogens (primary N) is 1. The van der Waals surface area contributed by atoms with Crippen molar-refractivity contribution in [1.29, 1.82) is 0 Å². The van der Waals surface area contributed by atoms with Crippen LogP contribution in [0.5, 0.6) is 11.5 Å². The highest BCUT2D eigenvalue weighted by Crippen LogP contribution is 2.42. The normalized spacial score (nSPS) is 13.2. The fraction of sp³-hybridized carbons (Fsp3) is 0.267. The minimum atomic E-state index is -0.990. The van der Waals surface area contributed by atoms with E-state index in [1.165, 1.54) is 11.3 Å². The maximum atomic E-state index is 11.3. The van der Waals surface area contributed by atoms with Gasteiger partial charge in [-0.15, -0.1) is 11.3 Å². The summed E-state index contributed by atoms with van der Waals surface area (Å²) in [5.74, 6) is 0.409. The second-order valence-corrected chi connectivity index (χ2v) is 5.69. The van der Waals surface area contributed by atoms with Crippen LogP contribution in [0, 0.1) is 0 Å². The number of benzene rings is 1. The average molecular weight is 305 g/mol. The third kappa shape index (κ3) is 2.31. The molecule has 2 heterocycles. The Hall–Kier alpha value is -2.21. The minimum absolute atomic E-state index is 0.191. The number of aromatic carboxylic acids is 1. The number of carboxylic acid groups (broad SMARTS) is 1. The third-order valence-electron chi connectivity index (χ3n) is 3.40. The molecule has 110 valence electrons. The second kappa shape index (κ2) is 5.29. The van der Waals surface area contributed by atoms with Crippen LogP contribution in [-0.4, -0.2) is 24.3 Å². The van der Waals surface area contributed by atoms with Crippen LogP contribution < -0.4 is 15.2 Å². The number of anilines is 1. The number of nitrogen functional groups attached to an aromatic ring is 1. The summed E-state index contributed by atoms with van der Waals surface area (Å²) in [7, 11) is 0. The molecular formula is C15H15NO4S. The van der Waals surface area contributed by atoms with Gasteiger partial charge in [0.2, 0.25) is 0 Å². The molecule has 1 aromatic heterocycles. The van der Waals surface area contributed by atoms with E-state index in [1.807, 2.05) is 25.1 Å². The van der Waals surface area contributed by atoms with E-state index in [0.29, 0.717) is 36.8 Å². The number of thiophene rings is 1. The molecule has 1 aliphatic heterocycles. The van der Waals surface area contributed by atoms with Crippen molar-refractivity contribution < 1.29 is 19.4 Å². The number of hydrogen-bond acceptors (Lipinski definition) is 5. The molecule has 0 amide bonds. The summed E-state index contributed by atoms with van der Waals surface area (Å²) in [6.45, 7) is 3.03. The van der Waals surface area contributed by atoms with Crippen LogP contribution in [0.25, 0.3) is 10.4 Å². The van der Waals surface area contributed by atoms with Gasteiger partial charge in [0.15, 0.2) is 11.5 Å². The van der Waals surface area contributed by atoms with Crippen molar-refractivity contribution in [2.24, 2.45) is 0 Å². The Morgan fingerprint density at radius 1 is 1.33 bits per heavy atom. The van der Waals surface area contributed by atoms with E-state index >= 15 is 0 Å². The molecule has 1 aromatic carbocycles. The molecular weight excluding hydrogens is 290 g/mol. The predicted octanol–water partition coefficient (Wildman–Crippen LogP) is 3.03. The predicted molar refractivity (Wildman–Crippen MR) is 81.5 cm³/mol. The Balaban J connectivity index is 2.12. The molecule has 0 atom stereocenters. The lowest BCUT2D eigenvalue weighted by Crippen LogP contribution is -2.15. The molecule has 5 nitrogen and oxygen atoms in total. The largest absolute Gasteiger partial charge is 0.486 e. The Morgan fingerprint density at radius 2 is 2.05 bits per heavy atom. The summed E-state index contributed by atoms with van der Waals surface area (Å²) < 4.78 is 11.1. The monoisotopic (exact) mass is 305 g/mol.